The number of benzene rings is 3. The van der Waals surface area contributed by atoms with E-state index in [4.69, 9.17) is 0 Å². The van der Waals surface area contributed by atoms with Gasteiger partial charge in [0.25, 0.3) is 5.91 Å². The summed E-state index contributed by atoms with van der Waals surface area (Å²) in [6, 6.07) is 23.2. The van der Waals surface area contributed by atoms with Crippen molar-refractivity contribution >= 4 is 5.91 Å². The summed E-state index contributed by atoms with van der Waals surface area (Å²) in [6.45, 7) is 3.80. The van der Waals surface area contributed by atoms with Crippen molar-refractivity contribution in [3.63, 3.8) is 0 Å². The molecule has 1 heterocycles. The van der Waals surface area contributed by atoms with Crippen molar-refractivity contribution in [1.29, 1.82) is 0 Å². The maximum atomic E-state index is 12.5. The number of carbonyl (C=O) groups is 1. The lowest BCUT2D eigenvalue weighted by Crippen LogP contribution is -2.34. The first-order valence-corrected chi connectivity index (χ1v) is 11.9. The molecule has 0 bridgehead atoms. The Morgan fingerprint density at radius 1 is 0.886 bits per heavy atom. The Bertz CT molecular complexity index is 1080. The molecule has 1 saturated heterocycles. The number of likely N-dealkylation sites (tertiary alicyclic amines) is 1. The number of ether oxygens (including phenoxy) is 1. The highest BCUT2D eigenvalue weighted by Crippen LogP contribution is 2.27. The van der Waals surface area contributed by atoms with Gasteiger partial charge in [0.2, 0.25) is 0 Å². The molecule has 3 aromatic carbocycles. The van der Waals surface area contributed by atoms with Crippen LogP contribution in [0.4, 0.5) is 13.2 Å². The van der Waals surface area contributed by atoms with E-state index in [1.165, 1.54) is 17.7 Å². The number of alkyl halides is 3. The standard InChI is InChI=1S/C28H29F3N2O2/c29-28(30,31)35-26-12-10-24(11-13-26)23-6-8-25(9-7-23)27(34)32-17-14-21-15-18-33(19-16-21)20-22-4-2-1-3-5-22/h1-13,21H,14-20H2,(H,32,34). The molecule has 184 valence electrons. The highest BCUT2D eigenvalue weighted by Gasteiger charge is 2.31. The van der Waals surface area contributed by atoms with Gasteiger partial charge >= 0.3 is 6.36 Å². The predicted molar refractivity (Wildman–Crippen MR) is 130 cm³/mol. The summed E-state index contributed by atoms with van der Waals surface area (Å²) in [4.78, 5) is 15.0. The molecule has 4 rings (SSSR count). The average molecular weight is 483 g/mol. The lowest BCUT2D eigenvalue weighted by atomic mass is 9.93. The van der Waals surface area contributed by atoms with Crippen LogP contribution in [0.15, 0.2) is 78.9 Å². The van der Waals surface area contributed by atoms with Crippen LogP contribution in [0, 0.1) is 5.92 Å². The number of piperidine rings is 1. The van der Waals surface area contributed by atoms with Gasteiger partial charge in [-0.15, -0.1) is 13.2 Å². The molecule has 1 fully saturated rings. The van der Waals surface area contributed by atoms with E-state index in [0.29, 0.717) is 18.0 Å². The topological polar surface area (TPSA) is 41.6 Å². The fraction of sp³-hybridized carbons (Fsp3) is 0.321. The molecular weight excluding hydrogens is 453 g/mol. The van der Waals surface area contributed by atoms with Gasteiger partial charge in [0.15, 0.2) is 0 Å². The van der Waals surface area contributed by atoms with Gasteiger partial charge in [-0.2, -0.15) is 0 Å². The molecule has 0 radical (unpaired) electrons. The molecule has 1 aliphatic rings. The molecule has 0 unspecified atom stereocenters. The van der Waals surface area contributed by atoms with Crippen molar-refractivity contribution < 1.29 is 22.7 Å². The first kappa shape index (κ1) is 24.8. The van der Waals surface area contributed by atoms with Crippen LogP contribution in [0.5, 0.6) is 5.75 Å². The zero-order valence-electron chi connectivity index (χ0n) is 19.4. The molecule has 1 aliphatic heterocycles. The Hall–Kier alpha value is -3.32. The van der Waals surface area contributed by atoms with Crippen LogP contribution in [0.1, 0.15) is 35.2 Å². The van der Waals surface area contributed by atoms with Crippen LogP contribution in [0.3, 0.4) is 0 Å². The molecule has 35 heavy (non-hydrogen) atoms. The Balaban J connectivity index is 1.19. The Kier molecular flexibility index (Phi) is 8.08. The van der Waals surface area contributed by atoms with Crippen LogP contribution in [-0.2, 0) is 6.54 Å². The van der Waals surface area contributed by atoms with E-state index in [1.54, 1.807) is 36.4 Å². The molecule has 1 amide bonds. The fourth-order valence-corrected chi connectivity index (χ4v) is 4.43. The summed E-state index contributed by atoms with van der Waals surface area (Å²) in [7, 11) is 0. The summed E-state index contributed by atoms with van der Waals surface area (Å²) < 4.78 is 40.8. The number of rotatable bonds is 8. The van der Waals surface area contributed by atoms with E-state index in [0.717, 1.165) is 50.0 Å². The Labute approximate surface area is 203 Å². The number of nitrogens with zero attached hydrogens (tertiary/aromatic N) is 1. The van der Waals surface area contributed by atoms with Crippen LogP contribution in [0.25, 0.3) is 11.1 Å². The minimum absolute atomic E-state index is 0.119. The van der Waals surface area contributed by atoms with Gasteiger partial charge in [-0.25, -0.2) is 0 Å². The summed E-state index contributed by atoms with van der Waals surface area (Å²) >= 11 is 0. The summed E-state index contributed by atoms with van der Waals surface area (Å²) in [5.41, 5.74) is 3.45. The smallest absolute Gasteiger partial charge is 0.406 e. The van der Waals surface area contributed by atoms with E-state index >= 15 is 0 Å². The third-order valence-corrected chi connectivity index (χ3v) is 6.36. The van der Waals surface area contributed by atoms with Crippen molar-refractivity contribution in [2.45, 2.75) is 32.2 Å². The van der Waals surface area contributed by atoms with Gasteiger partial charge in [0.1, 0.15) is 5.75 Å². The Morgan fingerprint density at radius 3 is 2.09 bits per heavy atom. The summed E-state index contributed by atoms with van der Waals surface area (Å²) in [6.07, 6.45) is -1.46. The van der Waals surface area contributed by atoms with Crippen LogP contribution in [-0.4, -0.2) is 36.8 Å². The summed E-state index contributed by atoms with van der Waals surface area (Å²) in [5, 5.41) is 3.01. The van der Waals surface area contributed by atoms with Crippen molar-refractivity contribution in [3.05, 3.63) is 90.0 Å². The normalized spacial score (nSPS) is 15.1. The lowest BCUT2D eigenvalue weighted by Gasteiger charge is -2.32. The SMILES string of the molecule is O=C(NCCC1CCN(Cc2ccccc2)CC1)c1ccc(-c2ccc(OC(F)(F)F)cc2)cc1. The minimum atomic E-state index is -4.71. The van der Waals surface area contributed by atoms with Crippen molar-refractivity contribution in [1.82, 2.24) is 10.2 Å². The van der Waals surface area contributed by atoms with Gasteiger partial charge in [-0.1, -0.05) is 54.6 Å². The largest absolute Gasteiger partial charge is 0.573 e. The minimum Gasteiger partial charge on any atom is -0.406 e. The van der Waals surface area contributed by atoms with Gasteiger partial charge in [0, 0.05) is 18.7 Å². The number of hydrogen-bond acceptors (Lipinski definition) is 3. The van der Waals surface area contributed by atoms with E-state index in [1.807, 2.05) is 6.07 Å². The van der Waals surface area contributed by atoms with E-state index in [2.05, 4.69) is 39.2 Å². The van der Waals surface area contributed by atoms with Crippen molar-refractivity contribution in [2.75, 3.05) is 19.6 Å². The molecule has 0 saturated carbocycles. The molecule has 3 aromatic rings. The molecule has 0 aliphatic carbocycles. The highest BCUT2D eigenvalue weighted by molar-refractivity contribution is 5.94. The van der Waals surface area contributed by atoms with E-state index in [-0.39, 0.29) is 11.7 Å². The van der Waals surface area contributed by atoms with Crippen molar-refractivity contribution in [2.24, 2.45) is 5.92 Å². The second-order valence-electron chi connectivity index (χ2n) is 8.90. The van der Waals surface area contributed by atoms with E-state index < -0.39 is 6.36 Å². The molecule has 0 aromatic heterocycles. The van der Waals surface area contributed by atoms with E-state index in [9.17, 15) is 18.0 Å². The molecule has 0 atom stereocenters. The first-order chi connectivity index (χ1) is 16.9. The zero-order chi connectivity index (χ0) is 24.7. The quantitative estimate of drug-likeness (QED) is 0.411. The lowest BCUT2D eigenvalue weighted by molar-refractivity contribution is -0.274. The number of halogens is 3. The fourth-order valence-electron chi connectivity index (χ4n) is 4.43. The number of amides is 1. The maximum absolute atomic E-state index is 12.5. The maximum Gasteiger partial charge on any atom is 0.573 e. The zero-order valence-corrected chi connectivity index (χ0v) is 19.4. The number of carbonyl (C=O) groups excluding carboxylic acids is 1. The van der Waals surface area contributed by atoms with Gasteiger partial charge in [-0.3, -0.25) is 9.69 Å². The molecule has 4 nitrogen and oxygen atoms in total. The summed E-state index contributed by atoms with van der Waals surface area (Å²) in [5.74, 6) is 0.236. The van der Waals surface area contributed by atoms with Crippen LogP contribution < -0.4 is 10.1 Å². The third-order valence-electron chi connectivity index (χ3n) is 6.36. The molecule has 0 spiro atoms. The number of hydrogen-bond donors (Lipinski definition) is 1. The van der Waals surface area contributed by atoms with Gasteiger partial charge in [0.05, 0.1) is 0 Å². The monoisotopic (exact) mass is 482 g/mol. The van der Waals surface area contributed by atoms with Gasteiger partial charge < -0.3 is 10.1 Å². The molecule has 7 heteroatoms. The van der Waals surface area contributed by atoms with Gasteiger partial charge in [-0.05, 0) is 79.2 Å². The second-order valence-corrected chi connectivity index (χ2v) is 8.90. The molecular formula is C28H29F3N2O2. The van der Waals surface area contributed by atoms with Crippen LogP contribution >= 0.6 is 0 Å². The van der Waals surface area contributed by atoms with Crippen molar-refractivity contribution in [3.8, 4) is 16.9 Å². The first-order valence-electron chi connectivity index (χ1n) is 11.9. The Morgan fingerprint density at radius 2 is 1.49 bits per heavy atom. The second kappa shape index (κ2) is 11.4. The predicted octanol–water partition coefficient (Wildman–Crippen LogP) is 6.28. The average Bonchev–Trinajstić information content (AvgIpc) is 2.85. The third kappa shape index (κ3) is 7.59. The highest BCUT2D eigenvalue weighted by atomic mass is 19.4. The van der Waals surface area contributed by atoms with Crippen LogP contribution in [0.2, 0.25) is 0 Å². The number of nitrogens with one attached hydrogen (secondary N) is 1. The molecule has 1 N–H and O–H groups in total.